The predicted molar refractivity (Wildman–Crippen MR) is 73.8 cm³/mol. The number of fused-ring (bicyclic) bond motifs is 2. The summed E-state index contributed by atoms with van der Waals surface area (Å²) < 4.78 is 1.80. The standard InChI is InChI=1S/C15H23N3O/c1-17-10-11(9-16-17)3-6-15(19)12-7-13-4-5-14(8-12)18(13)2/h9-10,12-14H,3-8H2,1-2H3. The van der Waals surface area contributed by atoms with E-state index < -0.39 is 0 Å². The van der Waals surface area contributed by atoms with Crippen LogP contribution < -0.4 is 0 Å². The lowest BCUT2D eigenvalue weighted by Crippen LogP contribution is -2.42. The number of carbonyl (C=O) groups excluding carboxylic acids is 1. The molecule has 0 radical (unpaired) electrons. The Hall–Kier alpha value is -1.16. The monoisotopic (exact) mass is 261 g/mol. The number of aromatic nitrogens is 2. The minimum Gasteiger partial charge on any atom is -0.300 e. The van der Waals surface area contributed by atoms with Crippen molar-refractivity contribution in [2.45, 2.75) is 50.6 Å². The highest BCUT2D eigenvalue weighted by molar-refractivity contribution is 5.81. The van der Waals surface area contributed by atoms with Gasteiger partial charge in [-0.3, -0.25) is 9.48 Å². The number of ketones is 1. The van der Waals surface area contributed by atoms with Crippen LogP contribution in [0, 0.1) is 5.92 Å². The van der Waals surface area contributed by atoms with Crippen LogP contribution in [0.5, 0.6) is 0 Å². The zero-order valence-corrected chi connectivity index (χ0v) is 11.9. The first kappa shape index (κ1) is 12.9. The molecule has 0 amide bonds. The van der Waals surface area contributed by atoms with Crippen LogP contribution in [0.25, 0.3) is 0 Å². The van der Waals surface area contributed by atoms with E-state index in [9.17, 15) is 4.79 Å². The Balaban J connectivity index is 1.54. The number of piperidine rings is 1. The molecule has 2 aliphatic rings. The van der Waals surface area contributed by atoms with E-state index in [0.29, 0.717) is 30.2 Å². The topological polar surface area (TPSA) is 38.1 Å². The fourth-order valence-corrected chi connectivity index (χ4v) is 3.75. The van der Waals surface area contributed by atoms with Crippen molar-refractivity contribution in [3.63, 3.8) is 0 Å². The SMILES string of the molecule is CN1C2CCC1CC(C(=O)CCc1cnn(C)c1)C2. The summed E-state index contributed by atoms with van der Waals surface area (Å²) in [4.78, 5) is 14.8. The average molecular weight is 261 g/mol. The molecule has 1 aromatic heterocycles. The maximum atomic E-state index is 12.4. The second-order valence-electron chi connectivity index (χ2n) is 6.21. The van der Waals surface area contributed by atoms with Gasteiger partial charge in [0.2, 0.25) is 0 Å². The predicted octanol–water partition coefficient (Wildman–Crippen LogP) is 1.79. The first-order valence-corrected chi connectivity index (χ1v) is 7.35. The van der Waals surface area contributed by atoms with Gasteiger partial charge in [-0.1, -0.05) is 0 Å². The molecule has 2 saturated heterocycles. The molecule has 19 heavy (non-hydrogen) atoms. The molecule has 104 valence electrons. The lowest BCUT2D eigenvalue weighted by Gasteiger charge is -2.35. The lowest BCUT2D eigenvalue weighted by atomic mass is 9.86. The number of rotatable bonds is 4. The average Bonchev–Trinajstić information content (AvgIpc) is 2.86. The maximum Gasteiger partial charge on any atom is 0.136 e. The van der Waals surface area contributed by atoms with Gasteiger partial charge >= 0.3 is 0 Å². The summed E-state index contributed by atoms with van der Waals surface area (Å²) in [6.07, 6.45) is 10.1. The van der Waals surface area contributed by atoms with Crippen LogP contribution in [0.15, 0.2) is 12.4 Å². The third-order valence-corrected chi connectivity index (χ3v) is 4.97. The molecule has 1 aromatic rings. The first-order valence-electron chi connectivity index (χ1n) is 7.35. The molecule has 3 heterocycles. The summed E-state index contributed by atoms with van der Waals surface area (Å²) in [6, 6.07) is 1.32. The molecule has 2 unspecified atom stereocenters. The van der Waals surface area contributed by atoms with Crippen molar-refractivity contribution in [1.82, 2.24) is 14.7 Å². The highest BCUT2D eigenvalue weighted by atomic mass is 16.1. The van der Waals surface area contributed by atoms with Crippen molar-refractivity contribution in [3.8, 4) is 0 Å². The molecular formula is C15H23N3O. The fraction of sp³-hybridized carbons (Fsp3) is 0.733. The molecule has 2 bridgehead atoms. The van der Waals surface area contributed by atoms with Crippen molar-refractivity contribution >= 4 is 5.78 Å². The number of aryl methyl sites for hydroxylation is 2. The van der Waals surface area contributed by atoms with Gasteiger partial charge in [0.15, 0.2) is 0 Å². The summed E-state index contributed by atoms with van der Waals surface area (Å²) in [5, 5.41) is 4.15. The molecular weight excluding hydrogens is 238 g/mol. The Kier molecular flexibility index (Phi) is 3.44. The van der Waals surface area contributed by atoms with Crippen LogP contribution >= 0.6 is 0 Å². The fourth-order valence-electron chi connectivity index (χ4n) is 3.75. The molecule has 4 nitrogen and oxygen atoms in total. The van der Waals surface area contributed by atoms with Gasteiger partial charge in [-0.25, -0.2) is 0 Å². The largest absolute Gasteiger partial charge is 0.300 e. The smallest absolute Gasteiger partial charge is 0.136 e. The van der Waals surface area contributed by atoms with Gasteiger partial charge in [0, 0.05) is 37.7 Å². The molecule has 2 fully saturated rings. The molecule has 2 atom stereocenters. The van der Waals surface area contributed by atoms with Gasteiger partial charge in [-0.15, -0.1) is 0 Å². The zero-order valence-electron chi connectivity index (χ0n) is 11.9. The van der Waals surface area contributed by atoms with Crippen molar-refractivity contribution in [2.75, 3.05) is 7.05 Å². The zero-order chi connectivity index (χ0) is 13.4. The van der Waals surface area contributed by atoms with Gasteiger partial charge in [-0.05, 0) is 44.7 Å². The first-order chi connectivity index (χ1) is 9.13. The Morgan fingerprint density at radius 1 is 1.32 bits per heavy atom. The van der Waals surface area contributed by atoms with E-state index in [1.54, 1.807) is 4.68 Å². The van der Waals surface area contributed by atoms with Crippen molar-refractivity contribution in [1.29, 1.82) is 0 Å². The summed E-state index contributed by atoms with van der Waals surface area (Å²) in [6.45, 7) is 0. The molecule has 0 N–H and O–H groups in total. The van der Waals surface area contributed by atoms with E-state index in [4.69, 9.17) is 0 Å². The molecule has 0 spiro atoms. The Labute approximate surface area is 114 Å². The molecule has 4 heteroatoms. The summed E-state index contributed by atoms with van der Waals surface area (Å²) in [7, 11) is 4.14. The molecule has 3 rings (SSSR count). The summed E-state index contributed by atoms with van der Waals surface area (Å²) in [5.41, 5.74) is 1.17. The maximum absolute atomic E-state index is 12.4. The number of Topliss-reactive ketones (excluding diaryl/α,β-unsaturated/α-hetero) is 1. The lowest BCUT2D eigenvalue weighted by molar-refractivity contribution is -0.125. The van der Waals surface area contributed by atoms with Crippen LogP contribution in [0.2, 0.25) is 0 Å². The third-order valence-electron chi connectivity index (χ3n) is 4.97. The normalized spacial score (nSPS) is 30.7. The van der Waals surface area contributed by atoms with E-state index in [2.05, 4.69) is 17.0 Å². The highest BCUT2D eigenvalue weighted by Gasteiger charge is 2.40. The minimum atomic E-state index is 0.311. The van der Waals surface area contributed by atoms with E-state index in [0.717, 1.165) is 19.3 Å². The van der Waals surface area contributed by atoms with Crippen LogP contribution in [0.4, 0.5) is 0 Å². The van der Waals surface area contributed by atoms with Crippen LogP contribution in [-0.2, 0) is 18.3 Å². The number of carbonyl (C=O) groups is 1. The van der Waals surface area contributed by atoms with Crippen LogP contribution in [-0.4, -0.2) is 39.6 Å². The minimum absolute atomic E-state index is 0.311. The van der Waals surface area contributed by atoms with Crippen molar-refractivity contribution in [3.05, 3.63) is 18.0 Å². The quantitative estimate of drug-likeness (QED) is 0.829. The van der Waals surface area contributed by atoms with Gasteiger partial charge < -0.3 is 4.90 Å². The van der Waals surface area contributed by atoms with Crippen LogP contribution in [0.1, 0.15) is 37.7 Å². The van der Waals surface area contributed by atoms with E-state index in [1.165, 1.54) is 18.4 Å². The highest BCUT2D eigenvalue weighted by Crippen LogP contribution is 2.38. The Morgan fingerprint density at radius 3 is 2.58 bits per heavy atom. The Morgan fingerprint density at radius 2 is 2.00 bits per heavy atom. The second kappa shape index (κ2) is 5.08. The number of nitrogens with zero attached hydrogens (tertiary/aromatic N) is 3. The summed E-state index contributed by atoms with van der Waals surface area (Å²) in [5.74, 6) is 0.777. The summed E-state index contributed by atoms with van der Waals surface area (Å²) >= 11 is 0. The van der Waals surface area contributed by atoms with E-state index >= 15 is 0 Å². The van der Waals surface area contributed by atoms with Gasteiger partial charge in [-0.2, -0.15) is 5.10 Å². The molecule has 0 aromatic carbocycles. The second-order valence-corrected chi connectivity index (χ2v) is 6.21. The molecule has 0 aliphatic carbocycles. The van der Waals surface area contributed by atoms with Gasteiger partial charge in [0.25, 0.3) is 0 Å². The number of hydrogen-bond donors (Lipinski definition) is 0. The number of hydrogen-bond acceptors (Lipinski definition) is 3. The third kappa shape index (κ3) is 2.59. The van der Waals surface area contributed by atoms with Crippen LogP contribution in [0.3, 0.4) is 0 Å². The van der Waals surface area contributed by atoms with E-state index in [1.807, 2.05) is 19.4 Å². The van der Waals surface area contributed by atoms with E-state index in [-0.39, 0.29) is 0 Å². The van der Waals surface area contributed by atoms with Gasteiger partial charge in [0.1, 0.15) is 5.78 Å². The van der Waals surface area contributed by atoms with Gasteiger partial charge in [0.05, 0.1) is 6.20 Å². The Bertz CT molecular complexity index is 454. The van der Waals surface area contributed by atoms with Crippen molar-refractivity contribution < 1.29 is 4.79 Å². The molecule has 0 saturated carbocycles. The van der Waals surface area contributed by atoms with Crippen molar-refractivity contribution in [2.24, 2.45) is 13.0 Å². The molecule has 2 aliphatic heterocycles.